The quantitative estimate of drug-likeness (QED) is 0.734. The van der Waals surface area contributed by atoms with E-state index in [0.717, 1.165) is 6.54 Å². The lowest BCUT2D eigenvalue weighted by molar-refractivity contribution is 0.112. The highest BCUT2D eigenvalue weighted by molar-refractivity contribution is 5.78. The molecule has 2 aromatic rings. The minimum absolute atomic E-state index is 0.299. The maximum atomic E-state index is 10.7. The number of rotatable bonds is 4. The van der Waals surface area contributed by atoms with Crippen molar-refractivity contribution < 1.29 is 9.53 Å². The summed E-state index contributed by atoms with van der Waals surface area (Å²) in [5, 5.41) is 4.06. The van der Waals surface area contributed by atoms with Gasteiger partial charge in [-0.05, 0) is 19.1 Å². The Balaban J connectivity index is 2.22. The van der Waals surface area contributed by atoms with Crippen molar-refractivity contribution in [2.75, 3.05) is 0 Å². The highest BCUT2D eigenvalue weighted by Gasteiger charge is 2.06. The maximum Gasteiger partial charge on any atom is 0.229 e. The number of hydrogen-bond donors (Lipinski definition) is 0. The van der Waals surface area contributed by atoms with E-state index in [1.807, 2.05) is 6.92 Å². The van der Waals surface area contributed by atoms with E-state index in [2.05, 4.69) is 10.1 Å². The molecule has 0 aliphatic rings. The van der Waals surface area contributed by atoms with Crippen molar-refractivity contribution in [3.63, 3.8) is 0 Å². The van der Waals surface area contributed by atoms with E-state index < -0.39 is 0 Å². The Bertz CT molecular complexity index is 493. The number of nitrogens with zero attached hydrogens (tertiary/aromatic N) is 3. The predicted octanol–water partition coefficient (Wildman–Crippen LogP) is 1.90. The van der Waals surface area contributed by atoms with Crippen molar-refractivity contribution in [3.05, 3.63) is 36.3 Å². The van der Waals surface area contributed by atoms with Crippen molar-refractivity contribution in [1.82, 2.24) is 14.8 Å². The summed E-state index contributed by atoms with van der Waals surface area (Å²) >= 11 is 0. The van der Waals surface area contributed by atoms with Gasteiger partial charge in [-0.15, -0.1) is 0 Å². The molecule has 0 amide bonds. The van der Waals surface area contributed by atoms with Crippen LogP contribution in [0.2, 0.25) is 0 Å². The van der Waals surface area contributed by atoms with Gasteiger partial charge in [-0.25, -0.2) is 4.98 Å². The van der Waals surface area contributed by atoms with Crippen LogP contribution in [0.3, 0.4) is 0 Å². The molecule has 5 nitrogen and oxygen atoms in total. The van der Waals surface area contributed by atoms with Gasteiger partial charge in [0.1, 0.15) is 0 Å². The molecule has 0 spiro atoms. The number of ether oxygens (including phenoxy) is 1. The number of aryl methyl sites for hydroxylation is 1. The van der Waals surface area contributed by atoms with Gasteiger partial charge in [0, 0.05) is 12.7 Å². The second kappa shape index (κ2) is 4.57. The van der Waals surface area contributed by atoms with Gasteiger partial charge in [0.15, 0.2) is 12.0 Å². The molecule has 5 heteroatoms. The van der Waals surface area contributed by atoms with Crippen LogP contribution in [0.15, 0.2) is 30.7 Å². The molecule has 0 N–H and O–H groups in total. The van der Waals surface area contributed by atoms with Crippen molar-refractivity contribution in [3.8, 4) is 11.6 Å². The molecule has 2 heterocycles. The van der Waals surface area contributed by atoms with Gasteiger partial charge >= 0.3 is 0 Å². The number of carbonyl (C=O) groups excluding carboxylic acids is 1. The minimum atomic E-state index is 0.299. The Kier molecular flexibility index (Phi) is 2.95. The maximum absolute atomic E-state index is 10.7. The summed E-state index contributed by atoms with van der Waals surface area (Å²) in [7, 11) is 0. The van der Waals surface area contributed by atoms with Crippen molar-refractivity contribution in [1.29, 1.82) is 0 Å². The van der Waals surface area contributed by atoms with Gasteiger partial charge < -0.3 is 4.74 Å². The third-order valence-electron chi connectivity index (χ3n) is 2.08. The first-order valence-corrected chi connectivity index (χ1v) is 4.94. The van der Waals surface area contributed by atoms with Crippen LogP contribution in [0.1, 0.15) is 17.3 Å². The Labute approximate surface area is 92.7 Å². The molecule has 0 unspecified atom stereocenters. The molecular formula is C11H11N3O2. The summed E-state index contributed by atoms with van der Waals surface area (Å²) in [5.41, 5.74) is 0.423. The smallest absolute Gasteiger partial charge is 0.229 e. The van der Waals surface area contributed by atoms with Crippen LogP contribution in [-0.4, -0.2) is 21.1 Å². The summed E-state index contributed by atoms with van der Waals surface area (Å²) in [6, 6.07) is 3.34. The third-order valence-corrected chi connectivity index (χ3v) is 2.08. The fraction of sp³-hybridized carbons (Fsp3) is 0.182. The van der Waals surface area contributed by atoms with Gasteiger partial charge in [-0.2, -0.15) is 5.10 Å². The van der Waals surface area contributed by atoms with Gasteiger partial charge in [0.05, 0.1) is 18.0 Å². The lowest BCUT2D eigenvalue weighted by Crippen LogP contribution is -1.93. The number of aldehydes is 1. The van der Waals surface area contributed by atoms with E-state index in [4.69, 9.17) is 4.74 Å². The van der Waals surface area contributed by atoms with E-state index >= 15 is 0 Å². The second-order valence-corrected chi connectivity index (χ2v) is 3.15. The molecule has 16 heavy (non-hydrogen) atoms. The van der Waals surface area contributed by atoms with Gasteiger partial charge in [-0.1, -0.05) is 0 Å². The second-order valence-electron chi connectivity index (χ2n) is 3.15. The van der Waals surface area contributed by atoms with Crippen LogP contribution in [0, 0.1) is 0 Å². The van der Waals surface area contributed by atoms with E-state index in [1.54, 1.807) is 35.4 Å². The van der Waals surface area contributed by atoms with E-state index in [-0.39, 0.29) is 0 Å². The molecular weight excluding hydrogens is 206 g/mol. The average molecular weight is 217 g/mol. The zero-order valence-corrected chi connectivity index (χ0v) is 8.83. The first-order chi connectivity index (χ1) is 7.83. The van der Waals surface area contributed by atoms with E-state index in [0.29, 0.717) is 23.5 Å². The zero-order chi connectivity index (χ0) is 11.4. The third kappa shape index (κ3) is 2.08. The average Bonchev–Trinajstić information content (AvgIpc) is 2.77. The fourth-order valence-corrected chi connectivity index (χ4v) is 1.26. The van der Waals surface area contributed by atoms with Gasteiger partial charge in [0.25, 0.3) is 0 Å². The number of hydrogen-bond acceptors (Lipinski definition) is 4. The fourth-order valence-electron chi connectivity index (χ4n) is 1.26. The van der Waals surface area contributed by atoms with Gasteiger partial charge in [0.2, 0.25) is 5.88 Å². The largest absolute Gasteiger partial charge is 0.435 e. The van der Waals surface area contributed by atoms with Crippen molar-refractivity contribution in [2.45, 2.75) is 13.5 Å². The first-order valence-electron chi connectivity index (χ1n) is 4.94. The van der Waals surface area contributed by atoms with E-state index in [1.165, 1.54) is 0 Å². The molecule has 0 aliphatic carbocycles. The number of aromatic nitrogens is 3. The summed E-state index contributed by atoms with van der Waals surface area (Å²) in [4.78, 5) is 14.7. The molecule has 0 aromatic carbocycles. The van der Waals surface area contributed by atoms with Crippen LogP contribution >= 0.6 is 0 Å². The Hall–Kier alpha value is -2.17. The Morgan fingerprint density at radius 1 is 1.56 bits per heavy atom. The van der Waals surface area contributed by atoms with Crippen molar-refractivity contribution in [2.24, 2.45) is 0 Å². The predicted molar refractivity (Wildman–Crippen MR) is 57.6 cm³/mol. The number of pyridine rings is 1. The highest BCUT2D eigenvalue weighted by atomic mass is 16.5. The Morgan fingerprint density at radius 3 is 3.12 bits per heavy atom. The molecule has 2 aromatic heterocycles. The molecule has 2 rings (SSSR count). The van der Waals surface area contributed by atoms with E-state index in [9.17, 15) is 4.79 Å². The summed E-state index contributed by atoms with van der Waals surface area (Å²) < 4.78 is 7.19. The molecule has 0 atom stereocenters. The molecule has 0 bridgehead atoms. The summed E-state index contributed by atoms with van der Waals surface area (Å²) in [6.45, 7) is 2.75. The van der Waals surface area contributed by atoms with Crippen LogP contribution in [0.4, 0.5) is 0 Å². The molecule has 0 saturated carbocycles. The molecule has 0 saturated heterocycles. The molecule has 0 radical (unpaired) electrons. The van der Waals surface area contributed by atoms with Crippen LogP contribution in [0.25, 0.3) is 0 Å². The Morgan fingerprint density at radius 2 is 2.44 bits per heavy atom. The SMILES string of the molecule is CCn1cc(Oc2ncccc2C=O)cn1. The summed E-state index contributed by atoms with van der Waals surface area (Å²) in [5.74, 6) is 0.872. The number of carbonyl (C=O) groups is 1. The standard InChI is InChI=1S/C11H11N3O2/c1-2-14-7-10(6-13-14)16-11-9(8-15)4-3-5-12-11/h3-8H,2H2,1H3. The lowest BCUT2D eigenvalue weighted by Gasteiger charge is -2.02. The van der Waals surface area contributed by atoms with Gasteiger partial charge in [-0.3, -0.25) is 9.48 Å². The van der Waals surface area contributed by atoms with Crippen molar-refractivity contribution >= 4 is 6.29 Å². The highest BCUT2D eigenvalue weighted by Crippen LogP contribution is 2.20. The zero-order valence-electron chi connectivity index (χ0n) is 8.83. The van der Waals surface area contributed by atoms with Crippen LogP contribution in [-0.2, 0) is 6.54 Å². The van der Waals surface area contributed by atoms with Crippen LogP contribution in [0.5, 0.6) is 11.6 Å². The monoisotopic (exact) mass is 217 g/mol. The first kappa shape index (κ1) is 10.4. The molecule has 82 valence electrons. The topological polar surface area (TPSA) is 57.0 Å². The summed E-state index contributed by atoms with van der Waals surface area (Å²) in [6.07, 6.45) is 5.63. The lowest BCUT2D eigenvalue weighted by atomic mass is 10.3. The minimum Gasteiger partial charge on any atom is -0.435 e. The molecule has 0 aliphatic heterocycles. The van der Waals surface area contributed by atoms with Crippen LogP contribution < -0.4 is 4.74 Å². The normalized spacial score (nSPS) is 10.1. The molecule has 0 fully saturated rings.